The lowest BCUT2D eigenvalue weighted by Crippen LogP contribution is -2.68. The second kappa shape index (κ2) is 7.09. The van der Waals surface area contributed by atoms with Gasteiger partial charge >= 0.3 is 21.3 Å². The van der Waals surface area contributed by atoms with E-state index in [1.165, 1.54) is 0 Å². The Bertz CT molecular complexity index is 1060. The van der Waals surface area contributed by atoms with E-state index in [2.05, 4.69) is 45.2 Å². The zero-order valence-corrected chi connectivity index (χ0v) is 21.1. The van der Waals surface area contributed by atoms with E-state index in [9.17, 15) is 22.0 Å². The fourth-order valence-electron chi connectivity index (χ4n) is 5.92. The summed E-state index contributed by atoms with van der Waals surface area (Å²) in [5.41, 5.74) is -0.267. The van der Waals surface area contributed by atoms with Gasteiger partial charge in [-0.05, 0) is 89.3 Å². The second-order valence-corrected chi connectivity index (χ2v) is 12.6. The molecule has 31 heavy (non-hydrogen) atoms. The van der Waals surface area contributed by atoms with E-state index in [0.717, 1.165) is 31.3 Å². The van der Waals surface area contributed by atoms with Crippen LogP contribution in [0, 0.1) is 24.9 Å². The molecule has 5 aliphatic rings. The first kappa shape index (κ1) is 22.5. The molecule has 2 atom stereocenters. The molecule has 2 unspecified atom stereocenters. The number of carbonyl (C=O) groups is 1. The molecule has 4 bridgehead atoms. The molecule has 0 saturated heterocycles. The molecule has 1 aromatic rings. The van der Waals surface area contributed by atoms with Crippen LogP contribution in [0.1, 0.15) is 37.7 Å². The predicted octanol–water partition coefficient (Wildman–Crippen LogP) is 4.10. The molecule has 4 saturated carbocycles. The summed E-state index contributed by atoms with van der Waals surface area (Å²) in [5.74, 6) is -2.61. The van der Waals surface area contributed by atoms with Gasteiger partial charge in [-0.2, -0.15) is 17.2 Å². The van der Waals surface area contributed by atoms with Crippen molar-refractivity contribution in [2.75, 3.05) is 0 Å². The topological polar surface area (TPSA) is 99.1 Å². The van der Waals surface area contributed by atoms with Crippen LogP contribution < -0.4 is 4.74 Å². The minimum absolute atomic E-state index is 0.138. The molecule has 7 nitrogen and oxygen atoms in total. The average molecular weight is 682 g/mol. The van der Waals surface area contributed by atoms with Crippen molar-refractivity contribution in [2.24, 2.45) is 17.8 Å². The third kappa shape index (κ3) is 3.33. The van der Waals surface area contributed by atoms with Gasteiger partial charge in [-0.25, -0.2) is 4.79 Å². The Morgan fingerprint density at radius 3 is 2.45 bits per heavy atom. The molecule has 0 amide bonds. The maximum atomic E-state index is 13.8. The SMILES string of the molecule is O=C(OC12CC3CC(C1)C1(OCc4ccc(I)c(I)c4O1)C(C3)C2)C(F)(F)S(=O)(=O)O. The molecule has 1 heterocycles. The van der Waals surface area contributed by atoms with Crippen molar-refractivity contribution in [3.63, 3.8) is 0 Å². The zero-order valence-electron chi connectivity index (χ0n) is 15.9. The number of benzene rings is 1. The maximum Gasteiger partial charge on any atom is 0.465 e. The molecule has 4 aliphatic carbocycles. The zero-order chi connectivity index (χ0) is 22.4. The van der Waals surface area contributed by atoms with Gasteiger partial charge in [0, 0.05) is 21.0 Å². The first-order valence-corrected chi connectivity index (χ1v) is 13.3. The summed E-state index contributed by atoms with van der Waals surface area (Å²) in [6, 6.07) is 3.95. The van der Waals surface area contributed by atoms with E-state index in [4.69, 9.17) is 18.8 Å². The quantitative estimate of drug-likeness (QED) is 0.292. The van der Waals surface area contributed by atoms with Gasteiger partial charge in [0.05, 0.1) is 10.2 Å². The fraction of sp³-hybridized carbons (Fsp3) is 0.632. The third-order valence-corrected chi connectivity index (χ3v) is 10.8. The minimum atomic E-state index is -5.91. The lowest BCUT2D eigenvalue weighted by molar-refractivity contribution is -0.338. The molecule has 170 valence electrons. The van der Waals surface area contributed by atoms with Crippen molar-refractivity contribution in [2.45, 2.75) is 55.4 Å². The van der Waals surface area contributed by atoms with Gasteiger partial charge in [-0.15, -0.1) is 0 Å². The number of hydrogen-bond acceptors (Lipinski definition) is 6. The summed E-state index contributed by atoms with van der Waals surface area (Å²) in [4.78, 5) is 12.0. The Balaban J connectivity index is 1.44. The van der Waals surface area contributed by atoms with Gasteiger partial charge in [-0.1, -0.05) is 6.07 Å². The van der Waals surface area contributed by atoms with Gasteiger partial charge in [0.15, 0.2) is 0 Å². The van der Waals surface area contributed by atoms with Crippen molar-refractivity contribution < 1.29 is 40.8 Å². The normalized spacial score (nSPS) is 36.2. The van der Waals surface area contributed by atoms with Crippen molar-refractivity contribution >= 4 is 61.3 Å². The smallest absolute Gasteiger partial charge is 0.460 e. The minimum Gasteiger partial charge on any atom is -0.460 e. The van der Waals surface area contributed by atoms with E-state index in [1.54, 1.807) is 0 Å². The van der Waals surface area contributed by atoms with Crippen LogP contribution in [0.4, 0.5) is 8.78 Å². The number of hydrogen-bond donors (Lipinski definition) is 1. The molecule has 4 fully saturated rings. The molecule has 1 spiro atoms. The molecule has 0 radical (unpaired) electrons. The largest absolute Gasteiger partial charge is 0.465 e. The van der Waals surface area contributed by atoms with E-state index in [0.29, 0.717) is 13.0 Å². The van der Waals surface area contributed by atoms with Gasteiger partial charge in [-0.3, -0.25) is 4.55 Å². The molecular formula is C19H18F2I2O7S. The summed E-state index contributed by atoms with van der Waals surface area (Å²) in [6.45, 7) is 0.369. The summed E-state index contributed by atoms with van der Waals surface area (Å²) < 4.78 is 78.3. The number of alkyl halides is 2. The van der Waals surface area contributed by atoms with Gasteiger partial charge in [0.25, 0.3) is 0 Å². The average Bonchev–Trinajstić information content (AvgIpc) is 2.67. The molecule has 12 heteroatoms. The lowest BCUT2D eigenvalue weighted by atomic mass is 9.51. The molecular weight excluding hydrogens is 664 g/mol. The third-order valence-electron chi connectivity index (χ3n) is 6.99. The van der Waals surface area contributed by atoms with Gasteiger partial charge in [0.2, 0.25) is 5.79 Å². The van der Waals surface area contributed by atoms with Crippen molar-refractivity contribution in [3.8, 4) is 5.75 Å². The highest BCUT2D eigenvalue weighted by Crippen LogP contribution is 2.64. The number of rotatable bonds is 3. The molecule has 0 aromatic heterocycles. The van der Waals surface area contributed by atoms with Gasteiger partial charge in [0.1, 0.15) is 11.4 Å². The fourth-order valence-corrected chi connectivity index (χ4v) is 7.23. The number of halogens is 4. The Kier molecular flexibility index (Phi) is 5.14. The van der Waals surface area contributed by atoms with Crippen LogP contribution in [0.3, 0.4) is 0 Å². The number of fused-ring (bicyclic) bond motifs is 1. The number of esters is 1. The van der Waals surface area contributed by atoms with E-state index >= 15 is 0 Å². The standard InChI is InChI=1S/C19H18F2I2O7S/c20-19(21,31(25,26)27)16(24)30-17-5-9-3-11(6-17)18(12(4-9)7-17)28-8-10-1-2-13(22)14(23)15(10)29-18/h1-2,9,11-12H,3-8H2,(H,25,26,27). The van der Waals surface area contributed by atoms with E-state index in [1.807, 2.05) is 12.1 Å². The monoisotopic (exact) mass is 682 g/mol. The maximum absolute atomic E-state index is 13.8. The summed E-state index contributed by atoms with van der Waals surface area (Å²) >= 11 is 4.47. The van der Waals surface area contributed by atoms with Crippen LogP contribution in [-0.4, -0.2) is 35.6 Å². The van der Waals surface area contributed by atoms with Crippen molar-refractivity contribution in [3.05, 3.63) is 24.8 Å². The van der Waals surface area contributed by atoms with Crippen LogP contribution in [0.2, 0.25) is 0 Å². The van der Waals surface area contributed by atoms with Crippen LogP contribution in [0.15, 0.2) is 12.1 Å². The van der Waals surface area contributed by atoms with Gasteiger partial charge < -0.3 is 14.2 Å². The Morgan fingerprint density at radius 2 is 1.84 bits per heavy atom. The first-order chi connectivity index (χ1) is 14.4. The number of ether oxygens (including phenoxy) is 3. The summed E-state index contributed by atoms with van der Waals surface area (Å²) in [5, 5.41) is -5.00. The van der Waals surface area contributed by atoms with Crippen LogP contribution in [-0.2, 0) is 31.0 Å². The van der Waals surface area contributed by atoms with Crippen LogP contribution in [0.25, 0.3) is 0 Å². The number of carbonyl (C=O) groups excluding carboxylic acids is 1. The summed E-state index contributed by atoms with van der Waals surface area (Å²) in [7, 11) is -5.91. The summed E-state index contributed by atoms with van der Waals surface area (Å²) in [6.07, 6.45) is 2.36. The highest BCUT2D eigenvalue weighted by atomic mass is 127. The predicted molar refractivity (Wildman–Crippen MR) is 119 cm³/mol. The second-order valence-electron chi connectivity index (χ2n) is 8.87. The highest BCUT2D eigenvalue weighted by molar-refractivity contribution is 14.1. The lowest BCUT2D eigenvalue weighted by Gasteiger charge is -2.63. The Morgan fingerprint density at radius 1 is 1.19 bits per heavy atom. The molecule has 1 N–H and O–H groups in total. The van der Waals surface area contributed by atoms with Crippen molar-refractivity contribution in [1.29, 1.82) is 0 Å². The molecule has 1 aliphatic heterocycles. The van der Waals surface area contributed by atoms with Crippen molar-refractivity contribution in [1.82, 2.24) is 0 Å². The van der Waals surface area contributed by atoms with E-state index < -0.39 is 32.7 Å². The molecule has 1 aromatic carbocycles. The van der Waals surface area contributed by atoms with Crippen LogP contribution >= 0.6 is 45.2 Å². The van der Waals surface area contributed by atoms with E-state index in [-0.39, 0.29) is 30.6 Å². The Labute approximate surface area is 204 Å². The molecule has 6 rings (SSSR count). The van der Waals surface area contributed by atoms with Crippen LogP contribution in [0.5, 0.6) is 5.75 Å². The highest BCUT2D eigenvalue weighted by Gasteiger charge is 2.68. The first-order valence-electron chi connectivity index (χ1n) is 9.75. The Hall–Kier alpha value is -0.320.